The largest absolute Gasteiger partial charge is 0.462 e. The highest BCUT2D eigenvalue weighted by Crippen LogP contribution is 2.13. The summed E-state index contributed by atoms with van der Waals surface area (Å²) in [5, 5.41) is 9.44. The number of hydrogen-bond donors (Lipinski definition) is 1. The molecule has 0 amide bonds. The topological polar surface area (TPSA) is 72.8 Å². The van der Waals surface area contributed by atoms with Gasteiger partial charge in [-0.3, -0.25) is 9.59 Å². The molecule has 0 rings (SSSR count). The molecule has 40 heavy (non-hydrogen) atoms. The number of aliphatic hydroxyl groups is 1. The molecular weight excluding hydrogens is 500 g/mol. The molecule has 0 aliphatic heterocycles. The Morgan fingerprint density at radius 1 is 0.550 bits per heavy atom. The molecule has 1 unspecified atom stereocenters. The van der Waals surface area contributed by atoms with E-state index < -0.39 is 6.10 Å². The monoisotopic (exact) mass is 566 g/mol. The summed E-state index contributed by atoms with van der Waals surface area (Å²) >= 11 is 0. The Morgan fingerprint density at radius 3 is 1.35 bits per heavy atom. The van der Waals surface area contributed by atoms with Crippen molar-refractivity contribution in [2.45, 2.75) is 187 Å². The van der Waals surface area contributed by atoms with E-state index in [2.05, 4.69) is 26.0 Å². The average molecular weight is 567 g/mol. The lowest BCUT2D eigenvalue weighted by Crippen LogP contribution is -2.28. The second-order valence-corrected chi connectivity index (χ2v) is 11.6. The molecule has 5 heteroatoms. The van der Waals surface area contributed by atoms with E-state index in [0.717, 1.165) is 38.5 Å². The number of rotatable bonds is 31. The van der Waals surface area contributed by atoms with Crippen LogP contribution in [0.2, 0.25) is 0 Å². The SMILES string of the molecule is CCCCCCCCCC/C=C\CCCCCCCCCCCC(=O)OC(CO)COC(=O)CCCCCCC. The molecule has 0 radical (unpaired) electrons. The molecule has 5 nitrogen and oxygen atoms in total. The van der Waals surface area contributed by atoms with E-state index in [9.17, 15) is 14.7 Å². The summed E-state index contributed by atoms with van der Waals surface area (Å²) in [6.07, 6.45) is 34.5. The third-order valence-electron chi connectivity index (χ3n) is 7.56. The highest BCUT2D eigenvalue weighted by molar-refractivity contribution is 5.70. The first-order chi connectivity index (χ1) is 19.6. The van der Waals surface area contributed by atoms with E-state index >= 15 is 0 Å². The zero-order chi connectivity index (χ0) is 29.4. The quantitative estimate of drug-likeness (QED) is 0.0513. The number of carbonyl (C=O) groups is 2. The van der Waals surface area contributed by atoms with E-state index in [1.807, 2.05) is 0 Å². The van der Waals surface area contributed by atoms with Crippen molar-refractivity contribution in [1.29, 1.82) is 0 Å². The number of hydrogen-bond acceptors (Lipinski definition) is 5. The van der Waals surface area contributed by atoms with Crippen molar-refractivity contribution >= 4 is 11.9 Å². The van der Waals surface area contributed by atoms with Crippen LogP contribution >= 0.6 is 0 Å². The Balaban J connectivity index is 3.46. The minimum absolute atomic E-state index is 0.0639. The van der Waals surface area contributed by atoms with Crippen LogP contribution in [-0.4, -0.2) is 36.4 Å². The van der Waals surface area contributed by atoms with Gasteiger partial charge in [-0.25, -0.2) is 0 Å². The van der Waals surface area contributed by atoms with Gasteiger partial charge >= 0.3 is 11.9 Å². The highest BCUT2D eigenvalue weighted by atomic mass is 16.6. The predicted octanol–water partition coefficient (Wildman–Crippen LogP) is 10.2. The Hall–Kier alpha value is -1.36. The van der Waals surface area contributed by atoms with Gasteiger partial charge in [-0.15, -0.1) is 0 Å². The first-order valence-corrected chi connectivity index (χ1v) is 17.2. The van der Waals surface area contributed by atoms with Gasteiger partial charge in [0, 0.05) is 12.8 Å². The maximum atomic E-state index is 12.1. The van der Waals surface area contributed by atoms with E-state index in [0.29, 0.717) is 12.8 Å². The first kappa shape index (κ1) is 38.6. The van der Waals surface area contributed by atoms with Gasteiger partial charge in [0.25, 0.3) is 0 Å². The zero-order valence-corrected chi connectivity index (χ0v) is 26.6. The second-order valence-electron chi connectivity index (χ2n) is 11.6. The number of allylic oxidation sites excluding steroid dienone is 2. The van der Waals surface area contributed by atoms with Crippen molar-refractivity contribution < 1.29 is 24.2 Å². The van der Waals surface area contributed by atoms with Gasteiger partial charge in [-0.1, -0.05) is 142 Å². The van der Waals surface area contributed by atoms with Gasteiger partial charge in [0.15, 0.2) is 6.10 Å². The molecule has 0 saturated carbocycles. The summed E-state index contributed by atoms with van der Waals surface area (Å²) < 4.78 is 10.5. The number of aliphatic hydroxyl groups excluding tert-OH is 1. The van der Waals surface area contributed by atoms with Crippen LogP contribution in [0.3, 0.4) is 0 Å². The lowest BCUT2D eigenvalue weighted by molar-refractivity contribution is -0.161. The molecule has 0 bridgehead atoms. The van der Waals surface area contributed by atoms with Gasteiger partial charge in [0.05, 0.1) is 6.61 Å². The molecule has 0 aromatic heterocycles. The van der Waals surface area contributed by atoms with Gasteiger partial charge in [0.1, 0.15) is 6.61 Å². The van der Waals surface area contributed by atoms with Crippen molar-refractivity contribution in [1.82, 2.24) is 0 Å². The number of esters is 2. The average Bonchev–Trinajstić information content (AvgIpc) is 2.95. The standard InChI is InChI=1S/C35H66O5/c1-3-5-7-9-10-11-12-13-14-15-16-17-18-19-20-21-22-23-24-26-28-30-35(38)40-33(31-36)32-39-34(37)29-27-25-8-6-4-2/h15-16,33,36H,3-14,17-32H2,1-2H3/b16-15-. The number of unbranched alkanes of at least 4 members (excludes halogenated alkanes) is 21. The Kier molecular flexibility index (Phi) is 31.1. The molecule has 0 aliphatic carbocycles. The summed E-state index contributed by atoms with van der Waals surface area (Å²) in [6, 6.07) is 0. The van der Waals surface area contributed by atoms with Crippen LogP contribution in [0.5, 0.6) is 0 Å². The summed E-state index contributed by atoms with van der Waals surface area (Å²) in [4.78, 5) is 23.9. The maximum Gasteiger partial charge on any atom is 0.306 e. The summed E-state index contributed by atoms with van der Waals surface area (Å²) in [6.45, 7) is 4.04. The van der Waals surface area contributed by atoms with E-state index in [4.69, 9.17) is 9.47 Å². The van der Waals surface area contributed by atoms with Gasteiger partial charge in [-0.05, 0) is 38.5 Å². The van der Waals surface area contributed by atoms with E-state index in [1.54, 1.807) is 0 Å². The van der Waals surface area contributed by atoms with Crippen molar-refractivity contribution in [2.75, 3.05) is 13.2 Å². The Labute approximate surface area is 248 Å². The second kappa shape index (κ2) is 32.2. The van der Waals surface area contributed by atoms with Crippen molar-refractivity contribution in [3.8, 4) is 0 Å². The lowest BCUT2D eigenvalue weighted by atomic mass is 10.1. The molecule has 0 fully saturated rings. The highest BCUT2D eigenvalue weighted by Gasteiger charge is 2.16. The van der Waals surface area contributed by atoms with Crippen LogP contribution in [0.15, 0.2) is 12.2 Å². The fourth-order valence-corrected chi connectivity index (χ4v) is 4.90. The molecule has 1 atom stereocenters. The van der Waals surface area contributed by atoms with E-state index in [1.165, 1.54) is 116 Å². The molecule has 0 aliphatic rings. The molecule has 0 saturated heterocycles. The molecule has 1 N–H and O–H groups in total. The molecule has 0 aromatic carbocycles. The number of carbonyl (C=O) groups excluding carboxylic acids is 2. The van der Waals surface area contributed by atoms with Crippen LogP contribution in [0, 0.1) is 0 Å². The zero-order valence-electron chi connectivity index (χ0n) is 26.6. The van der Waals surface area contributed by atoms with Gasteiger partial charge in [-0.2, -0.15) is 0 Å². The first-order valence-electron chi connectivity index (χ1n) is 17.2. The molecule has 0 heterocycles. The predicted molar refractivity (Wildman–Crippen MR) is 168 cm³/mol. The van der Waals surface area contributed by atoms with Crippen molar-refractivity contribution in [2.24, 2.45) is 0 Å². The summed E-state index contributed by atoms with van der Waals surface area (Å²) in [5.74, 6) is -0.603. The summed E-state index contributed by atoms with van der Waals surface area (Å²) in [5.41, 5.74) is 0. The Morgan fingerprint density at radius 2 is 0.925 bits per heavy atom. The van der Waals surface area contributed by atoms with Gasteiger partial charge in [0.2, 0.25) is 0 Å². The van der Waals surface area contributed by atoms with Crippen LogP contribution < -0.4 is 0 Å². The minimum atomic E-state index is -0.762. The molecule has 0 aromatic rings. The fraction of sp³-hybridized carbons (Fsp3) is 0.886. The molecule has 236 valence electrons. The fourth-order valence-electron chi connectivity index (χ4n) is 4.90. The third kappa shape index (κ3) is 29.6. The van der Waals surface area contributed by atoms with Gasteiger partial charge < -0.3 is 14.6 Å². The molecule has 0 spiro atoms. The summed E-state index contributed by atoms with van der Waals surface area (Å²) in [7, 11) is 0. The van der Waals surface area contributed by atoms with Crippen molar-refractivity contribution in [3.63, 3.8) is 0 Å². The Bertz CT molecular complexity index is 574. The maximum absolute atomic E-state index is 12.1. The minimum Gasteiger partial charge on any atom is -0.462 e. The number of ether oxygens (including phenoxy) is 2. The lowest BCUT2D eigenvalue weighted by Gasteiger charge is -2.15. The van der Waals surface area contributed by atoms with Crippen LogP contribution in [-0.2, 0) is 19.1 Å². The van der Waals surface area contributed by atoms with Crippen LogP contribution in [0.1, 0.15) is 181 Å². The third-order valence-corrected chi connectivity index (χ3v) is 7.56. The van der Waals surface area contributed by atoms with Crippen LogP contribution in [0.4, 0.5) is 0 Å². The van der Waals surface area contributed by atoms with Crippen molar-refractivity contribution in [3.05, 3.63) is 12.2 Å². The normalized spacial score (nSPS) is 12.2. The smallest absolute Gasteiger partial charge is 0.306 e. The molecular formula is C35H66O5. The van der Waals surface area contributed by atoms with Crippen LogP contribution in [0.25, 0.3) is 0 Å². The van der Waals surface area contributed by atoms with E-state index in [-0.39, 0.29) is 25.2 Å².